The predicted octanol–water partition coefficient (Wildman–Crippen LogP) is 3.69. The molecule has 2 nitrogen and oxygen atoms in total. The summed E-state index contributed by atoms with van der Waals surface area (Å²) in [6.45, 7) is 10.3. The molecule has 1 heterocycles. The van der Waals surface area contributed by atoms with Crippen LogP contribution in [0.5, 0.6) is 0 Å². The van der Waals surface area contributed by atoms with Gasteiger partial charge in [-0.3, -0.25) is 0 Å². The number of nitrogens with zero attached hydrogens (tertiary/aromatic N) is 1. The van der Waals surface area contributed by atoms with E-state index in [2.05, 4.69) is 25.7 Å². The summed E-state index contributed by atoms with van der Waals surface area (Å²) in [6, 6.07) is 0. The monoisotopic (exact) mass is 267 g/mol. The minimum Gasteiger partial charge on any atom is -0.390 e. The lowest BCUT2D eigenvalue weighted by molar-refractivity contribution is -0.0844. The fourth-order valence-electron chi connectivity index (χ4n) is 4.20. The van der Waals surface area contributed by atoms with Crippen molar-refractivity contribution in [2.45, 2.75) is 71.3 Å². The molecule has 2 atom stereocenters. The summed E-state index contributed by atoms with van der Waals surface area (Å²) in [5.74, 6) is 2.19. The van der Waals surface area contributed by atoms with Gasteiger partial charge in [-0.25, -0.2) is 0 Å². The van der Waals surface area contributed by atoms with Gasteiger partial charge in [0.05, 0.1) is 5.60 Å². The van der Waals surface area contributed by atoms with E-state index in [4.69, 9.17) is 0 Å². The van der Waals surface area contributed by atoms with Crippen LogP contribution in [0, 0.1) is 17.8 Å². The van der Waals surface area contributed by atoms with Gasteiger partial charge < -0.3 is 10.0 Å². The van der Waals surface area contributed by atoms with E-state index < -0.39 is 0 Å². The maximum absolute atomic E-state index is 11.0. The second kappa shape index (κ2) is 6.58. The maximum atomic E-state index is 11.0. The standard InChI is InChI=1S/C17H33NO/c1-4-15-6-5-7-16(12-15)17(19)8-10-18(11-9-17)13-14(2)3/h14-16,19H,4-13H2,1-3H3. The van der Waals surface area contributed by atoms with Crippen LogP contribution in [-0.2, 0) is 0 Å². The van der Waals surface area contributed by atoms with Crippen molar-refractivity contribution in [2.75, 3.05) is 19.6 Å². The van der Waals surface area contributed by atoms with Gasteiger partial charge in [0.2, 0.25) is 0 Å². The zero-order valence-electron chi connectivity index (χ0n) is 13.2. The zero-order valence-corrected chi connectivity index (χ0v) is 13.2. The summed E-state index contributed by atoms with van der Waals surface area (Å²) in [7, 11) is 0. The highest BCUT2D eigenvalue weighted by Gasteiger charge is 2.41. The highest BCUT2D eigenvalue weighted by molar-refractivity contribution is 4.94. The molecule has 19 heavy (non-hydrogen) atoms. The summed E-state index contributed by atoms with van der Waals surface area (Å²) < 4.78 is 0. The molecule has 1 saturated heterocycles. The number of aliphatic hydroxyl groups is 1. The van der Waals surface area contributed by atoms with Crippen LogP contribution in [0.4, 0.5) is 0 Å². The van der Waals surface area contributed by atoms with E-state index in [9.17, 15) is 5.11 Å². The number of hydrogen-bond acceptors (Lipinski definition) is 2. The Morgan fingerprint density at radius 3 is 2.47 bits per heavy atom. The SMILES string of the molecule is CCC1CCCC(C2(O)CCN(CC(C)C)CC2)C1. The third-order valence-electron chi connectivity index (χ3n) is 5.47. The van der Waals surface area contributed by atoms with Crippen molar-refractivity contribution in [3.63, 3.8) is 0 Å². The molecule has 2 aliphatic rings. The largest absolute Gasteiger partial charge is 0.390 e. The highest BCUT2D eigenvalue weighted by Crippen LogP contribution is 2.41. The van der Waals surface area contributed by atoms with Crippen LogP contribution in [0.15, 0.2) is 0 Å². The lowest BCUT2D eigenvalue weighted by atomic mass is 9.69. The van der Waals surface area contributed by atoms with Crippen LogP contribution in [0.25, 0.3) is 0 Å². The molecule has 112 valence electrons. The fraction of sp³-hybridized carbons (Fsp3) is 1.00. The minimum atomic E-state index is -0.346. The van der Waals surface area contributed by atoms with Gasteiger partial charge in [0.25, 0.3) is 0 Å². The first-order valence-corrected chi connectivity index (χ1v) is 8.48. The van der Waals surface area contributed by atoms with Gasteiger partial charge in [-0.05, 0) is 43.4 Å². The van der Waals surface area contributed by atoms with Crippen molar-refractivity contribution in [3.05, 3.63) is 0 Å². The van der Waals surface area contributed by atoms with E-state index >= 15 is 0 Å². The van der Waals surface area contributed by atoms with Crippen LogP contribution in [0.1, 0.15) is 65.7 Å². The Balaban J connectivity index is 1.86. The molecule has 1 saturated carbocycles. The molecule has 0 bridgehead atoms. The van der Waals surface area contributed by atoms with Crippen molar-refractivity contribution in [1.29, 1.82) is 0 Å². The molecule has 1 aliphatic heterocycles. The summed E-state index contributed by atoms with van der Waals surface area (Å²) in [5, 5.41) is 11.0. The molecular weight excluding hydrogens is 234 g/mol. The molecule has 0 radical (unpaired) electrons. The number of rotatable bonds is 4. The molecule has 0 aromatic rings. The molecule has 2 unspecified atom stereocenters. The Kier molecular flexibility index (Phi) is 5.30. The quantitative estimate of drug-likeness (QED) is 0.840. The summed E-state index contributed by atoms with van der Waals surface area (Å²) in [5.41, 5.74) is -0.346. The molecule has 0 amide bonds. The van der Waals surface area contributed by atoms with E-state index in [0.29, 0.717) is 5.92 Å². The Morgan fingerprint density at radius 1 is 1.21 bits per heavy atom. The van der Waals surface area contributed by atoms with E-state index in [1.54, 1.807) is 0 Å². The van der Waals surface area contributed by atoms with Crippen LogP contribution in [0.3, 0.4) is 0 Å². The van der Waals surface area contributed by atoms with Crippen molar-refractivity contribution in [1.82, 2.24) is 4.90 Å². The van der Waals surface area contributed by atoms with Gasteiger partial charge in [0.1, 0.15) is 0 Å². The third kappa shape index (κ3) is 3.95. The second-order valence-electron chi connectivity index (χ2n) is 7.44. The molecule has 0 spiro atoms. The minimum absolute atomic E-state index is 0.346. The van der Waals surface area contributed by atoms with Crippen molar-refractivity contribution < 1.29 is 5.11 Å². The molecule has 0 aromatic heterocycles. The number of hydrogen-bond donors (Lipinski definition) is 1. The van der Waals surface area contributed by atoms with E-state index in [1.165, 1.54) is 38.6 Å². The molecule has 1 aliphatic carbocycles. The zero-order chi connectivity index (χ0) is 13.9. The normalized spacial score (nSPS) is 32.7. The Hall–Kier alpha value is -0.0800. The van der Waals surface area contributed by atoms with Gasteiger partial charge in [-0.2, -0.15) is 0 Å². The molecular formula is C17H33NO. The van der Waals surface area contributed by atoms with Gasteiger partial charge in [0, 0.05) is 19.6 Å². The predicted molar refractivity (Wildman–Crippen MR) is 81.2 cm³/mol. The summed E-state index contributed by atoms with van der Waals surface area (Å²) in [6.07, 6.45) is 8.56. The molecule has 2 heteroatoms. The van der Waals surface area contributed by atoms with E-state index in [1.807, 2.05) is 0 Å². The average molecular weight is 267 g/mol. The molecule has 2 rings (SSSR count). The summed E-state index contributed by atoms with van der Waals surface area (Å²) >= 11 is 0. The Bertz CT molecular complexity index is 268. The second-order valence-corrected chi connectivity index (χ2v) is 7.44. The molecule has 0 aromatic carbocycles. The molecule has 1 N–H and O–H groups in total. The van der Waals surface area contributed by atoms with Crippen molar-refractivity contribution in [3.8, 4) is 0 Å². The van der Waals surface area contributed by atoms with Crippen molar-refractivity contribution >= 4 is 0 Å². The van der Waals surface area contributed by atoms with Gasteiger partial charge >= 0.3 is 0 Å². The first-order chi connectivity index (χ1) is 9.03. The smallest absolute Gasteiger partial charge is 0.0700 e. The number of piperidine rings is 1. The maximum Gasteiger partial charge on any atom is 0.0700 e. The topological polar surface area (TPSA) is 23.5 Å². The highest BCUT2D eigenvalue weighted by atomic mass is 16.3. The Labute approximate surface area is 119 Å². The van der Waals surface area contributed by atoms with Crippen LogP contribution >= 0.6 is 0 Å². The molecule has 2 fully saturated rings. The third-order valence-corrected chi connectivity index (χ3v) is 5.47. The lowest BCUT2D eigenvalue weighted by Gasteiger charge is -2.46. The summed E-state index contributed by atoms with van der Waals surface area (Å²) in [4.78, 5) is 2.54. The van der Waals surface area contributed by atoms with Crippen LogP contribution in [-0.4, -0.2) is 35.2 Å². The van der Waals surface area contributed by atoms with Crippen LogP contribution in [0.2, 0.25) is 0 Å². The van der Waals surface area contributed by atoms with E-state index in [-0.39, 0.29) is 5.60 Å². The lowest BCUT2D eigenvalue weighted by Crippen LogP contribution is -2.50. The van der Waals surface area contributed by atoms with Gasteiger partial charge in [0.15, 0.2) is 0 Å². The van der Waals surface area contributed by atoms with Crippen LogP contribution < -0.4 is 0 Å². The van der Waals surface area contributed by atoms with Crippen molar-refractivity contribution in [2.24, 2.45) is 17.8 Å². The van der Waals surface area contributed by atoms with E-state index in [0.717, 1.165) is 37.8 Å². The number of likely N-dealkylation sites (tertiary alicyclic amines) is 1. The fourth-order valence-corrected chi connectivity index (χ4v) is 4.20. The van der Waals surface area contributed by atoms with Gasteiger partial charge in [-0.15, -0.1) is 0 Å². The van der Waals surface area contributed by atoms with Gasteiger partial charge in [-0.1, -0.05) is 40.0 Å². The Morgan fingerprint density at radius 2 is 1.89 bits per heavy atom. The average Bonchev–Trinajstić information content (AvgIpc) is 2.41. The first kappa shape index (κ1) is 15.3. The first-order valence-electron chi connectivity index (χ1n) is 8.48.